The van der Waals surface area contributed by atoms with Gasteiger partial charge in [-0.1, -0.05) is 87.5 Å². The van der Waals surface area contributed by atoms with Gasteiger partial charge in [-0.3, -0.25) is 0 Å². The molecule has 4 rings (SSSR count). The second kappa shape index (κ2) is 8.61. The van der Waals surface area contributed by atoms with Crippen LogP contribution in [0.4, 0.5) is 4.79 Å². The highest BCUT2D eigenvalue weighted by molar-refractivity contribution is 6.99. The smallest absolute Gasteiger partial charge is 0.424 e. The molecular weight excluding hydrogens is 408 g/mol. The predicted octanol–water partition coefficient (Wildman–Crippen LogP) is 3.81. The molecule has 0 N–H and O–H groups in total. The highest BCUT2D eigenvalue weighted by Crippen LogP contribution is 2.39. The molecule has 2 saturated heterocycles. The van der Waals surface area contributed by atoms with E-state index in [-0.39, 0.29) is 17.2 Å². The Morgan fingerprint density at radius 2 is 1.45 bits per heavy atom. The van der Waals surface area contributed by atoms with E-state index in [1.165, 1.54) is 10.4 Å². The van der Waals surface area contributed by atoms with Gasteiger partial charge in [-0.05, 0) is 21.8 Å². The average molecular weight is 439 g/mol. The molecule has 2 aliphatic rings. The van der Waals surface area contributed by atoms with Crippen molar-refractivity contribution in [3.63, 3.8) is 0 Å². The van der Waals surface area contributed by atoms with Crippen LogP contribution in [-0.2, 0) is 18.6 Å². The van der Waals surface area contributed by atoms with Crippen LogP contribution < -0.4 is 10.4 Å². The summed E-state index contributed by atoms with van der Waals surface area (Å²) in [5.74, 6) is 0. The van der Waals surface area contributed by atoms with Gasteiger partial charge in [0.05, 0.1) is 6.61 Å². The molecule has 0 spiro atoms. The van der Waals surface area contributed by atoms with E-state index in [4.69, 9.17) is 18.6 Å². The average Bonchev–Trinajstić information content (AvgIpc) is 3.28. The van der Waals surface area contributed by atoms with Crippen LogP contribution >= 0.6 is 0 Å². The summed E-state index contributed by atoms with van der Waals surface area (Å²) in [7, 11) is -2.70. The quantitative estimate of drug-likeness (QED) is 0.374. The van der Waals surface area contributed by atoms with Gasteiger partial charge in [-0.2, -0.15) is 0 Å². The van der Waals surface area contributed by atoms with Gasteiger partial charge in [0.25, 0.3) is 8.32 Å². The minimum atomic E-state index is -2.70. The molecule has 2 aliphatic heterocycles. The third-order valence-corrected chi connectivity index (χ3v) is 11.2. The number of hydrogen-bond donors (Lipinski definition) is 0. The van der Waals surface area contributed by atoms with Gasteiger partial charge in [0.1, 0.15) is 12.2 Å². The van der Waals surface area contributed by atoms with Crippen molar-refractivity contribution in [2.75, 3.05) is 6.61 Å². The SMILES string of the molecule is C=CC[C@H]1O[C@H](CO[Si](c2ccccc2)(c2ccccc2)C(C)(C)C)[C@H]2OC(=O)O[C@H]21. The summed E-state index contributed by atoms with van der Waals surface area (Å²) in [6.07, 6.45) is 0.203. The Kier molecular flexibility index (Phi) is 6.06. The van der Waals surface area contributed by atoms with E-state index in [0.29, 0.717) is 13.0 Å². The van der Waals surface area contributed by atoms with E-state index in [1.807, 2.05) is 12.1 Å². The van der Waals surface area contributed by atoms with E-state index in [2.05, 4.69) is 75.9 Å². The fourth-order valence-corrected chi connectivity index (χ4v) is 9.36. The van der Waals surface area contributed by atoms with Crippen molar-refractivity contribution in [1.29, 1.82) is 0 Å². The lowest BCUT2D eigenvalue weighted by atomic mass is 10.1. The van der Waals surface area contributed by atoms with Crippen LogP contribution in [0.3, 0.4) is 0 Å². The first kappa shape index (κ1) is 21.8. The minimum absolute atomic E-state index is 0.142. The van der Waals surface area contributed by atoms with Crippen LogP contribution in [0.25, 0.3) is 0 Å². The highest BCUT2D eigenvalue weighted by Gasteiger charge is 2.56. The van der Waals surface area contributed by atoms with Gasteiger partial charge in [0.15, 0.2) is 12.2 Å². The Bertz CT molecular complexity index is 869. The summed E-state index contributed by atoms with van der Waals surface area (Å²) >= 11 is 0. The lowest BCUT2D eigenvalue weighted by Crippen LogP contribution is -2.67. The zero-order valence-electron chi connectivity index (χ0n) is 18.3. The molecule has 0 saturated carbocycles. The van der Waals surface area contributed by atoms with Gasteiger partial charge in [-0.25, -0.2) is 4.79 Å². The molecule has 2 fully saturated rings. The molecule has 0 amide bonds. The Balaban J connectivity index is 1.69. The van der Waals surface area contributed by atoms with Gasteiger partial charge >= 0.3 is 6.16 Å². The fraction of sp³-hybridized carbons (Fsp3) is 0.400. The van der Waals surface area contributed by atoms with Crippen molar-refractivity contribution in [2.45, 2.75) is 56.6 Å². The second-order valence-electron chi connectivity index (χ2n) is 9.13. The summed E-state index contributed by atoms with van der Waals surface area (Å²) < 4.78 is 24.0. The molecule has 31 heavy (non-hydrogen) atoms. The lowest BCUT2D eigenvalue weighted by Gasteiger charge is -2.43. The molecule has 0 radical (unpaired) electrons. The van der Waals surface area contributed by atoms with Crippen LogP contribution in [0.5, 0.6) is 0 Å². The summed E-state index contributed by atoms with van der Waals surface area (Å²) in [5, 5.41) is 2.26. The number of carbonyl (C=O) groups excluding carboxylic acids is 1. The van der Waals surface area contributed by atoms with Crippen molar-refractivity contribution in [3.05, 3.63) is 73.3 Å². The number of hydrogen-bond acceptors (Lipinski definition) is 5. The molecule has 164 valence electrons. The maximum absolute atomic E-state index is 11.8. The molecule has 4 atom stereocenters. The first-order valence-electron chi connectivity index (χ1n) is 10.8. The van der Waals surface area contributed by atoms with Crippen LogP contribution in [0.2, 0.25) is 5.04 Å². The van der Waals surface area contributed by atoms with Gasteiger partial charge < -0.3 is 18.6 Å². The monoisotopic (exact) mass is 438 g/mol. The number of benzene rings is 2. The van der Waals surface area contributed by atoms with Crippen LogP contribution in [-0.4, -0.2) is 45.5 Å². The van der Waals surface area contributed by atoms with Crippen molar-refractivity contribution in [3.8, 4) is 0 Å². The molecule has 2 aromatic carbocycles. The first-order chi connectivity index (χ1) is 14.9. The summed E-state index contributed by atoms with van der Waals surface area (Å²) in [6, 6.07) is 20.9. The van der Waals surface area contributed by atoms with Crippen LogP contribution in [0.1, 0.15) is 27.2 Å². The number of ether oxygens (including phenoxy) is 3. The van der Waals surface area contributed by atoms with E-state index >= 15 is 0 Å². The van der Waals surface area contributed by atoms with Crippen LogP contribution in [0, 0.1) is 0 Å². The van der Waals surface area contributed by atoms with Crippen LogP contribution in [0.15, 0.2) is 73.3 Å². The number of fused-ring (bicyclic) bond motifs is 1. The standard InChI is InChI=1S/C25H30O5Si/c1-5-12-20-22-23(30-24(26)29-22)21(28-20)17-27-31(25(2,3)4,18-13-8-6-9-14-18)19-15-10-7-11-16-19/h5-11,13-16,20-23H,1,12,17H2,2-4H3/t20-,21-,22+,23-/m1/s1. The number of carbonyl (C=O) groups is 1. The lowest BCUT2D eigenvalue weighted by molar-refractivity contribution is -0.0389. The van der Waals surface area contributed by atoms with E-state index in [0.717, 1.165) is 0 Å². The summed E-state index contributed by atoms with van der Waals surface area (Å²) in [4.78, 5) is 11.8. The van der Waals surface area contributed by atoms with Gasteiger partial charge in [0, 0.05) is 0 Å². The topological polar surface area (TPSA) is 54.0 Å². The Hall–Kier alpha value is -2.41. The maximum Gasteiger partial charge on any atom is 0.509 e. The zero-order chi connectivity index (χ0) is 22.1. The van der Waals surface area contributed by atoms with Gasteiger partial charge in [-0.15, -0.1) is 6.58 Å². The normalized spacial score (nSPS) is 25.6. The van der Waals surface area contributed by atoms with E-state index in [1.54, 1.807) is 6.08 Å². The molecule has 0 unspecified atom stereocenters. The van der Waals surface area contributed by atoms with Crippen molar-refractivity contribution >= 4 is 24.8 Å². The largest absolute Gasteiger partial charge is 0.509 e. The van der Waals surface area contributed by atoms with Gasteiger partial charge in [0.2, 0.25) is 0 Å². The van der Waals surface area contributed by atoms with E-state index in [9.17, 15) is 4.79 Å². The second-order valence-corrected chi connectivity index (χ2v) is 13.4. The molecule has 2 aromatic rings. The Labute approximate surface area is 185 Å². The first-order valence-corrected chi connectivity index (χ1v) is 12.7. The Morgan fingerprint density at radius 1 is 0.935 bits per heavy atom. The minimum Gasteiger partial charge on any atom is -0.424 e. The zero-order valence-corrected chi connectivity index (χ0v) is 19.3. The molecular formula is C25H30O5Si. The number of rotatable bonds is 7. The fourth-order valence-electron chi connectivity index (χ4n) is 4.80. The van der Waals surface area contributed by atoms with Crippen molar-refractivity contribution in [1.82, 2.24) is 0 Å². The molecule has 5 nitrogen and oxygen atoms in total. The predicted molar refractivity (Wildman–Crippen MR) is 122 cm³/mol. The molecule has 0 bridgehead atoms. The third-order valence-electron chi connectivity index (χ3n) is 6.15. The molecule has 0 aliphatic carbocycles. The highest BCUT2D eigenvalue weighted by atomic mass is 28.4. The third kappa shape index (κ3) is 3.95. The summed E-state index contributed by atoms with van der Waals surface area (Å²) in [5.41, 5.74) is 0. The van der Waals surface area contributed by atoms with Crippen molar-refractivity contribution < 1.29 is 23.4 Å². The molecule has 0 aromatic heterocycles. The molecule has 2 heterocycles. The molecule has 6 heteroatoms. The van der Waals surface area contributed by atoms with Crippen molar-refractivity contribution in [2.24, 2.45) is 0 Å². The van der Waals surface area contributed by atoms with E-state index < -0.39 is 26.7 Å². The Morgan fingerprint density at radius 3 is 1.94 bits per heavy atom. The summed E-state index contributed by atoms with van der Waals surface area (Å²) in [6.45, 7) is 10.8. The maximum atomic E-state index is 11.8.